The monoisotopic (exact) mass is 224 g/mol. The number of ether oxygens (including phenoxy) is 1. The molecule has 0 heterocycles. The van der Waals surface area contributed by atoms with Gasteiger partial charge < -0.3 is 9.84 Å². The molecule has 4 heteroatoms. The Balaban J connectivity index is 2.08. The Morgan fingerprint density at radius 1 is 1.31 bits per heavy atom. The number of rotatable bonds is 6. The maximum Gasteiger partial charge on any atom is 0.306 e. The largest absolute Gasteiger partial charge is 0.481 e. The van der Waals surface area contributed by atoms with E-state index in [0.29, 0.717) is 6.61 Å². The highest BCUT2D eigenvalue weighted by Gasteiger charge is 2.07. The van der Waals surface area contributed by atoms with Crippen LogP contribution in [0.3, 0.4) is 0 Å². The summed E-state index contributed by atoms with van der Waals surface area (Å²) in [5.41, 5.74) is 1.27. The van der Waals surface area contributed by atoms with Gasteiger partial charge in [-0.3, -0.25) is 9.59 Å². The van der Waals surface area contributed by atoms with E-state index in [-0.39, 0.29) is 12.8 Å². The summed E-state index contributed by atoms with van der Waals surface area (Å²) in [6, 6.07) is 0. The number of hydrogen-bond donors (Lipinski definition) is 1. The molecule has 0 aromatic heterocycles. The summed E-state index contributed by atoms with van der Waals surface area (Å²) in [6.45, 7) is 0.345. The van der Waals surface area contributed by atoms with Crippen molar-refractivity contribution in [1.82, 2.24) is 0 Å². The number of carbonyl (C=O) groups is 2. The standard InChI is InChI=1S/C12H16O4/c13-11(14)6-7-12(15)16-9-8-10-4-2-1-3-5-10/h1-2,5H,3-4,6-9H2,(H,13,14). The first-order valence-electron chi connectivity index (χ1n) is 5.39. The van der Waals surface area contributed by atoms with Crippen molar-refractivity contribution in [2.75, 3.05) is 6.61 Å². The lowest BCUT2D eigenvalue weighted by molar-refractivity contribution is -0.147. The number of aliphatic carboxylic acids is 1. The molecule has 0 aromatic rings. The first kappa shape index (κ1) is 12.5. The number of carboxylic acids is 1. The average molecular weight is 224 g/mol. The van der Waals surface area contributed by atoms with Crippen LogP contribution in [0.1, 0.15) is 32.1 Å². The van der Waals surface area contributed by atoms with Crippen LogP contribution in [-0.4, -0.2) is 23.7 Å². The third kappa shape index (κ3) is 5.34. The minimum Gasteiger partial charge on any atom is -0.481 e. The highest BCUT2D eigenvalue weighted by molar-refractivity contribution is 5.76. The normalized spacial score (nSPS) is 14.4. The quantitative estimate of drug-likeness (QED) is 0.554. The van der Waals surface area contributed by atoms with Crippen molar-refractivity contribution in [3.05, 3.63) is 23.8 Å². The van der Waals surface area contributed by atoms with Crippen LogP contribution in [0.15, 0.2) is 23.8 Å². The predicted molar refractivity (Wildman–Crippen MR) is 58.9 cm³/mol. The van der Waals surface area contributed by atoms with Crippen molar-refractivity contribution >= 4 is 11.9 Å². The predicted octanol–water partition coefficient (Wildman–Crippen LogP) is 2.06. The summed E-state index contributed by atoms with van der Waals surface area (Å²) in [4.78, 5) is 21.3. The first-order chi connectivity index (χ1) is 7.68. The first-order valence-corrected chi connectivity index (χ1v) is 5.39. The van der Waals surface area contributed by atoms with Gasteiger partial charge in [0.2, 0.25) is 0 Å². The van der Waals surface area contributed by atoms with Crippen LogP contribution in [0.5, 0.6) is 0 Å². The molecule has 1 aliphatic carbocycles. The molecule has 0 bridgehead atoms. The molecule has 0 spiro atoms. The van der Waals surface area contributed by atoms with Gasteiger partial charge in [0.05, 0.1) is 19.4 Å². The maximum absolute atomic E-state index is 11.1. The van der Waals surface area contributed by atoms with E-state index in [1.54, 1.807) is 0 Å². The smallest absolute Gasteiger partial charge is 0.306 e. The highest BCUT2D eigenvalue weighted by atomic mass is 16.5. The van der Waals surface area contributed by atoms with Gasteiger partial charge in [-0.2, -0.15) is 0 Å². The number of esters is 1. The van der Waals surface area contributed by atoms with Crippen LogP contribution in [0.4, 0.5) is 0 Å². The van der Waals surface area contributed by atoms with Crippen LogP contribution in [0, 0.1) is 0 Å². The Labute approximate surface area is 94.6 Å². The van der Waals surface area contributed by atoms with Crippen molar-refractivity contribution in [3.63, 3.8) is 0 Å². The number of hydrogen-bond acceptors (Lipinski definition) is 3. The van der Waals surface area contributed by atoms with Gasteiger partial charge in [-0.05, 0) is 12.8 Å². The molecule has 0 saturated carbocycles. The molecule has 16 heavy (non-hydrogen) atoms. The second kappa shape index (κ2) is 6.82. The van der Waals surface area contributed by atoms with E-state index in [4.69, 9.17) is 9.84 Å². The molecule has 0 saturated heterocycles. The minimum atomic E-state index is -0.975. The third-order valence-electron chi connectivity index (χ3n) is 2.32. The summed E-state index contributed by atoms with van der Waals surface area (Å²) in [7, 11) is 0. The zero-order valence-corrected chi connectivity index (χ0v) is 9.15. The molecule has 0 aliphatic heterocycles. The molecule has 88 valence electrons. The summed E-state index contributed by atoms with van der Waals surface area (Å²) >= 11 is 0. The summed E-state index contributed by atoms with van der Waals surface area (Å²) < 4.78 is 4.93. The minimum absolute atomic E-state index is 0.0473. The number of carbonyl (C=O) groups excluding carboxylic acids is 1. The van der Waals surface area contributed by atoms with E-state index in [1.807, 2.05) is 0 Å². The fraction of sp³-hybridized carbons (Fsp3) is 0.500. The van der Waals surface area contributed by atoms with Crippen molar-refractivity contribution < 1.29 is 19.4 Å². The van der Waals surface area contributed by atoms with E-state index in [0.717, 1.165) is 19.3 Å². The zero-order chi connectivity index (χ0) is 11.8. The second-order valence-corrected chi connectivity index (χ2v) is 3.64. The van der Waals surface area contributed by atoms with Gasteiger partial charge in [0.25, 0.3) is 0 Å². The van der Waals surface area contributed by atoms with Gasteiger partial charge in [-0.1, -0.05) is 23.8 Å². The molecule has 4 nitrogen and oxygen atoms in total. The third-order valence-corrected chi connectivity index (χ3v) is 2.32. The van der Waals surface area contributed by atoms with Gasteiger partial charge in [-0.25, -0.2) is 0 Å². The Kier molecular flexibility index (Phi) is 5.32. The molecule has 0 fully saturated rings. The SMILES string of the molecule is O=C(O)CCC(=O)OCCC1=CCC=CC1. The van der Waals surface area contributed by atoms with Crippen molar-refractivity contribution in [2.45, 2.75) is 32.1 Å². The molecule has 0 aromatic carbocycles. The summed E-state index contributed by atoms with van der Waals surface area (Å²) in [5, 5.41) is 8.37. The van der Waals surface area contributed by atoms with Gasteiger partial charge in [-0.15, -0.1) is 0 Å². The molecule has 1 N–H and O–H groups in total. The van der Waals surface area contributed by atoms with E-state index in [9.17, 15) is 9.59 Å². The van der Waals surface area contributed by atoms with Gasteiger partial charge >= 0.3 is 11.9 Å². The molecular weight excluding hydrogens is 208 g/mol. The summed E-state index contributed by atoms with van der Waals surface area (Å²) in [5.74, 6) is -1.41. The fourth-order valence-corrected chi connectivity index (χ4v) is 1.43. The highest BCUT2D eigenvalue weighted by Crippen LogP contribution is 2.14. The van der Waals surface area contributed by atoms with Crippen LogP contribution >= 0.6 is 0 Å². The number of allylic oxidation sites excluding steroid dienone is 3. The molecular formula is C12H16O4. The molecule has 0 amide bonds. The molecule has 1 aliphatic rings. The van der Waals surface area contributed by atoms with Gasteiger partial charge in [0.15, 0.2) is 0 Å². The lowest BCUT2D eigenvalue weighted by atomic mass is 10.0. The average Bonchev–Trinajstić information content (AvgIpc) is 2.28. The number of carboxylic acid groups (broad SMARTS) is 1. The Bertz CT molecular complexity index is 315. The van der Waals surface area contributed by atoms with E-state index < -0.39 is 11.9 Å². The molecule has 0 radical (unpaired) electrons. The van der Waals surface area contributed by atoms with Gasteiger partial charge in [0.1, 0.15) is 0 Å². The van der Waals surface area contributed by atoms with Crippen LogP contribution in [-0.2, 0) is 14.3 Å². The van der Waals surface area contributed by atoms with Crippen molar-refractivity contribution in [3.8, 4) is 0 Å². The van der Waals surface area contributed by atoms with Gasteiger partial charge in [0, 0.05) is 6.42 Å². The van der Waals surface area contributed by atoms with Crippen molar-refractivity contribution in [1.29, 1.82) is 0 Å². The maximum atomic E-state index is 11.1. The Morgan fingerprint density at radius 2 is 2.12 bits per heavy atom. The zero-order valence-electron chi connectivity index (χ0n) is 9.15. The van der Waals surface area contributed by atoms with Crippen LogP contribution in [0.2, 0.25) is 0 Å². The summed E-state index contributed by atoms with van der Waals surface area (Å²) in [6.07, 6.45) is 8.73. The molecule has 1 rings (SSSR count). The van der Waals surface area contributed by atoms with E-state index in [2.05, 4.69) is 18.2 Å². The van der Waals surface area contributed by atoms with E-state index >= 15 is 0 Å². The van der Waals surface area contributed by atoms with Crippen LogP contribution in [0.25, 0.3) is 0 Å². The molecule has 0 unspecified atom stereocenters. The van der Waals surface area contributed by atoms with Crippen molar-refractivity contribution in [2.24, 2.45) is 0 Å². The van der Waals surface area contributed by atoms with Crippen LogP contribution < -0.4 is 0 Å². The topological polar surface area (TPSA) is 63.6 Å². The Hall–Kier alpha value is -1.58. The Morgan fingerprint density at radius 3 is 2.75 bits per heavy atom. The fourth-order valence-electron chi connectivity index (χ4n) is 1.43. The second-order valence-electron chi connectivity index (χ2n) is 3.64. The van der Waals surface area contributed by atoms with E-state index in [1.165, 1.54) is 5.57 Å². The molecule has 0 atom stereocenters. The lowest BCUT2D eigenvalue weighted by Gasteiger charge is -2.08. The lowest BCUT2D eigenvalue weighted by Crippen LogP contribution is -2.09.